The van der Waals surface area contributed by atoms with Gasteiger partial charge in [-0.3, -0.25) is 9.88 Å². The molecule has 0 spiro atoms. The molecule has 32 heavy (non-hydrogen) atoms. The summed E-state index contributed by atoms with van der Waals surface area (Å²) in [6.07, 6.45) is 4.38. The van der Waals surface area contributed by atoms with E-state index in [2.05, 4.69) is 27.0 Å². The number of piperazine rings is 1. The first-order valence-electron chi connectivity index (χ1n) is 10.9. The predicted molar refractivity (Wildman–Crippen MR) is 126 cm³/mol. The number of amides is 1. The van der Waals surface area contributed by atoms with Gasteiger partial charge in [0.15, 0.2) is 5.16 Å². The van der Waals surface area contributed by atoms with Gasteiger partial charge in [0.1, 0.15) is 5.75 Å². The van der Waals surface area contributed by atoms with Crippen LogP contribution in [0.15, 0.2) is 60.0 Å². The second kappa shape index (κ2) is 10.7. The molecule has 0 N–H and O–H groups in total. The maximum absolute atomic E-state index is 12.6. The van der Waals surface area contributed by atoms with E-state index in [-0.39, 0.29) is 6.09 Å². The molecule has 1 aliphatic heterocycles. The van der Waals surface area contributed by atoms with E-state index >= 15 is 0 Å². The molecule has 7 nitrogen and oxygen atoms in total. The van der Waals surface area contributed by atoms with Crippen LogP contribution < -0.4 is 4.74 Å². The van der Waals surface area contributed by atoms with Crippen LogP contribution >= 0.6 is 11.8 Å². The van der Waals surface area contributed by atoms with Gasteiger partial charge in [-0.2, -0.15) is 0 Å². The van der Waals surface area contributed by atoms with Gasteiger partial charge >= 0.3 is 6.09 Å². The molecular formula is C24H29N5O2S. The quantitative estimate of drug-likeness (QED) is 0.510. The van der Waals surface area contributed by atoms with Gasteiger partial charge in [0.25, 0.3) is 0 Å². The van der Waals surface area contributed by atoms with E-state index < -0.39 is 0 Å². The Labute approximate surface area is 193 Å². The number of carbonyl (C=O) groups excluding carboxylic acids is 1. The monoisotopic (exact) mass is 451 g/mol. The normalized spacial score (nSPS) is 14.5. The van der Waals surface area contributed by atoms with E-state index in [0.717, 1.165) is 53.9 Å². The van der Waals surface area contributed by atoms with E-state index in [1.165, 1.54) is 0 Å². The molecular weight excluding hydrogens is 422 g/mol. The second-order valence-electron chi connectivity index (χ2n) is 7.97. The molecule has 1 saturated heterocycles. The molecule has 4 rings (SSSR count). The number of pyridine rings is 1. The molecule has 0 atom stereocenters. The summed E-state index contributed by atoms with van der Waals surface area (Å²) >= 11 is 1.68. The largest absolute Gasteiger partial charge is 0.415 e. The summed E-state index contributed by atoms with van der Waals surface area (Å²) in [5.41, 5.74) is 3.33. The minimum atomic E-state index is -0.278. The molecule has 1 aromatic carbocycles. The Morgan fingerprint density at radius 1 is 1.09 bits per heavy atom. The van der Waals surface area contributed by atoms with Crippen molar-refractivity contribution in [3.05, 3.63) is 71.8 Å². The van der Waals surface area contributed by atoms with E-state index in [1.54, 1.807) is 22.9 Å². The van der Waals surface area contributed by atoms with Crippen LogP contribution in [0.2, 0.25) is 0 Å². The predicted octanol–water partition coefficient (Wildman–Crippen LogP) is 3.77. The first-order valence-corrected chi connectivity index (χ1v) is 11.9. The Balaban J connectivity index is 1.19. The van der Waals surface area contributed by atoms with Crippen molar-refractivity contribution in [1.82, 2.24) is 24.3 Å². The first-order chi connectivity index (χ1) is 15.6. The molecule has 0 bridgehead atoms. The highest BCUT2D eigenvalue weighted by Gasteiger charge is 2.22. The molecule has 1 fully saturated rings. The third kappa shape index (κ3) is 6.11. The number of hydrogen-bond donors (Lipinski definition) is 0. The third-order valence-corrected chi connectivity index (χ3v) is 6.66. The van der Waals surface area contributed by atoms with Crippen LogP contribution in [0.1, 0.15) is 17.0 Å². The van der Waals surface area contributed by atoms with Gasteiger partial charge < -0.3 is 14.2 Å². The van der Waals surface area contributed by atoms with Crippen molar-refractivity contribution < 1.29 is 9.53 Å². The Hall–Kier alpha value is -2.84. The summed E-state index contributed by atoms with van der Waals surface area (Å²) in [5, 5.41) is 0.981. The summed E-state index contributed by atoms with van der Waals surface area (Å²) in [6, 6.07) is 13.9. The summed E-state index contributed by atoms with van der Waals surface area (Å²) in [4.78, 5) is 25.6. The number of aromatic nitrogens is 3. The van der Waals surface area contributed by atoms with Crippen LogP contribution in [0, 0.1) is 6.92 Å². The van der Waals surface area contributed by atoms with Crippen molar-refractivity contribution >= 4 is 17.9 Å². The van der Waals surface area contributed by atoms with E-state index in [9.17, 15) is 4.79 Å². The molecule has 0 aliphatic carbocycles. The highest BCUT2D eigenvalue weighted by Crippen LogP contribution is 2.22. The third-order valence-electron chi connectivity index (χ3n) is 5.53. The topological polar surface area (TPSA) is 63.5 Å². The lowest BCUT2D eigenvalue weighted by atomic mass is 10.2. The summed E-state index contributed by atoms with van der Waals surface area (Å²) in [6.45, 7) is 6.03. The van der Waals surface area contributed by atoms with Gasteiger partial charge in [0.2, 0.25) is 0 Å². The number of carbonyl (C=O) groups is 1. The lowest BCUT2D eigenvalue weighted by molar-refractivity contribution is 0.111. The average Bonchev–Trinajstić information content (AvgIpc) is 3.22. The van der Waals surface area contributed by atoms with Crippen molar-refractivity contribution in [2.45, 2.75) is 24.3 Å². The number of hydrogen-bond acceptors (Lipinski definition) is 6. The highest BCUT2D eigenvalue weighted by atomic mass is 32.2. The fourth-order valence-electron chi connectivity index (χ4n) is 3.62. The molecule has 0 radical (unpaired) electrons. The van der Waals surface area contributed by atoms with Crippen LogP contribution in [0.5, 0.6) is 5.75 Å². The maximum Gasteiger partial charge on any atom is 0.415 e. The number of rotatable bonds is 7. The van der Waals surface area contributed by atoms with Crippen LogP contribution in [0.3, 0.4) is 0 Å². The molecule has 1 amide bonds. The Bertz CT molecular complexity index is 1030. The number of ether oxygens (including phenoxy) is 1. The molecule has 0 saturated carbocycles. The molecule has 8 heteroatoms. The van der Waals surface area contributed by atoms with E-state index in [4.69, 9.17) is 4.74 Å². The zero-order valence-corrected chi connectivity index (χ0v) is 19.4. The minimum Gasteiger partial charge on any atom is -0.410 e. The molecule has 2 aromatic heterocycles. The lowest BCUT2D eigenvalue weighted by Crippen LogP contribution is -2.49. The standard InChI is InChI=1S/C24H29N5O2S/c1-19-4-3-5-21(26-19)10-12-28-14-16-29(17-15-28)24(30)31-22-8-6-20(7-9-22)18-32-23-25-11-13-27(23)2/h3-9,11,13H,10,12,14-18H2,1-2H3. The lowest BCUT2D eigenvalue weighted by Gasteiger charge is -2.33. The van der Waals surface area contributed by atoms with Gasteiger partial charge in [-0.1, -0.05) is 30.0 Å². The summed E-state index contributed by atoms with van der Waals surface area (Å²) in [7, 11) is 1.99. The second-order valence-corrected chi connectivity index (χ2v) is 8.91. The van der Waals surface area contributed by atoms with Crippen LogP contribution in [0.4, 0.5) is 4.79 Å². The van der Waals surface area contributed by atoms with Gasteiger partial charge in [-0.25, -0.2) is 9.78 Å². The van der Waals surface area contributed by atoms with Gasteiger partial charge in [-0.05, 0) is 36.8 Å². The Morgan fingerprint density at radius 2 is 1.88 bits per heavy atom. The van der Waals surface area contributed by atoms with Crippen LogP contribution in [0.25, 0.3) is 0 Å². The fourth-order valence-corrected chi connectivity index (χ4v) is 4.51. The SMILES string of the molecule is Cc1cccc(CCN2CCN(C(=O)Oc3ccc(CSc4nccn4C)cc3)CC2)n1. The number of benzene rings is 1. The van der Waals surface area contributed by atoms with Gasteiger partial charge in [0, 0.05) is 75.7 Å². The molecule has 168 valence electrons. The number of thioether (sulfide) groups is 1. The molecule has 1 aliphatic rings. The average molecular weight is 452 g/mol. The molecule has 3 heterocycles. The maximum atomic E-state index is 12.6. The van der Waals surface area contributed by atoms with Gasteiger partial charge in [0.05, 0.1) is 0 Å². The molecule has 3 aromatic rings. The van der Waals surface area contributed by atoms with Crippen molar-refractivity contribution in [2.24, 2.45) is 7.05 Å². The summed E-state index contributed by atoms with van der Waals surface area (Å²) < 4.78 is 7.59. The van der Waals surface area contributed by atoms with Crippen molar-refractivity contribution in [2.75, 3.05) is 32.7 Å². The van der Waals surface area contributed by atoms with Crippen LogP contribution in [-0.2, 0) is 19.2 Å². The number of nitrogens with zero attached hydrogens (tertiary/aromatic N) is 5. The smallest absolute Gasteiger partial charge is 0.410 e. The fraction of sp³-hybridized carbons (Fsp3) is 0.375. The van der Waals surface area contributed by atoms with E-state index in [1.807, 2.05) is 55.1 Å². The zero-order valence-electron chi connectivity index (χ0n) is 18.6. The van der Waals surface area contributed by atoms with Crippen LogP contribution in [-0.4, -0.2) is 63.2 Å². The Kier molecular flexibility index (Phi) is 7.44. The zero-order chi connectivity index (χ0) is 22.3. The minimum absolute atomic E-state index is 0.278. The Morgan fingerprint density at radius 3 is 2.56 bits per heavy atom. The highest BCUT2D eigenvalue weighted by molar-refractivity contribution is 7.98. The van der Waals surface area contributed by atoms with Crippen molar-refractivity contribution in [3.63, 3.8) is 0 Å². The first kappa shape index (κ1) is 22.4. The number of imidazole rings is 1. The number of aryl methyl sites for hydroxylation is 2. The molecule has 0 unspecified atom stereocenters. The van der Waals surface area contributed by atoms with Crippen molar-refractivity contribution in [1.29, 1.82) is 0 Å². The van der Waals surface area contributed by atoms with Gasteiger partial charge in [-0.15, -0.1) is 0 Å². The van der Waals surface area contributed by atoms with Crippen molar-refractivity contribution in [3.8, 4) is 5.75 Å². The van der Waals surface area contributed by atoms with E-state index in [0.29, 0.717) is 18.8 Å². The summed E-state index contributed by atoms with van der Waals surface area (Å²) in [5.74, 6) is 1.40.